The molecule has 1 saturated heterocycles. The minimum atomic E-state index is -0.599. The van der Waals surface area contributed by atoms with Gasteiger partial charge in [-0.3, -0.25) is 9.59 Å². The van der Waals surface area contributed by atoms with Crippen LogP contribution in [0.2, 0.25) is 0 Å². The molecule has 0 aromatic heterocycles. The van der Waals surface area contributed by atoms with Crippen molar-refractivity contribution >= 4 is 17.5 Å². The van der Waals surface area contributed by atoms with Crippen molar-refractivity contribution in [2.45, 2.75) is 58.2 Å². The Morgan fingerprint density at radius 3 is 2.56 bits per heavy atom. The van der Waals surface area contributed by atoms with Crippen LogP contribution in [0.5, 0.6) is 11.5 Å². The lowest BCUT2D eigenvalue weighted by atomic mass is 9.96. The highest BCUT2D eigenvalue weighted by atomic mass is 16.7. The first-order valence-electron chi connectivity index (χ1n) is 10.2. The van der Waals surface area contributed by atoms with E-state index in [0.29, 0.717) is 18.0 Å². The van der Waals surface area contributed by atoms with Crippen molar-refractivity contribution in [1.82, 2.24) is 4.90 Å². The fraction of sp³-hybridized carbons (Fsp3) is 0.619. The summed E-state index contributed by atoms with van der Waals surface area (Å²) >= 11 is 0. The number of ether oxygens (including phenoxy) is 2. The van der Waals surface area contributed by atoms with Crippen molar-refractivity contribution in [3.05, 3.63) is 18.2 Å². The second-order valence-electron chi connectivity index (χ2n) is 7.87. The fourth-order valence-electron chi connectivity index (χ4n) is 3.93. The predicted octanol–water partition coefficient (Wildman–Crippen LogP) is 3.56. The average Bonchev–Trinajstić information content (AvgIpc) is 3.48. The molecule has 146 valence electrons. The number of likely N-dealkylation sites (tertiary alicyclic amines) is 1. The Labute approximate surface area is 160 Å². The van der Waals surface area contributed by atoms with Crippen molar-refractivity contribution in [1.29, 1.82) is 0 Å². The van der Waals surface area contributed by atoms with E-state index in [9.17, 15) is 9.59 Å². The van der Waals surface area contributed by atoms with Crippen LogP contribution < -0.4 is 14.8 Å². The monoisotopic (exact) mass is 372 g/mol. The highest BCUT2D eigenvalue weighted by molar-refractivity contribution is 5.93. The van der Waals surface area contributed by atoms with Gasteiger partial charge in [-0.2, -0.15) is 0 Å². The van der Waals surface area contributed by atoms with E-state index in [2.05, 4.69) is 5.32 Å². The van der Waals surface area contributed by atoms with Crippen molar-refractivity contribution in [3.8, 4) is 11.5 Å². The maximum Gasteiger partial charge on any atom is 0.251 e. The van der Waals surface area contributed by atoms with Crippen LogP contribution in [0.3, 0.4) is 0 Å². The van der Waals surface area contributed by atoms with E-state index in [1.807, 2.05) is 36.9 Å². The third kappa shape index (κ3) is 3.62. The van der Waals surface area contributed by atoms with Gasteiger partial charge in [0, 0.05) is 43.6 Å². The van der Waals surface area contributed by atoms with E-state index >= 15 is 0 Å². The van der Waals surface area contributed by atoms with Crippen LogP contribution in [0.15, 0.2) is 18.2 Å². The maximum absolute atomic E-state index is 12.7. The van der Waals surface area contributed by atoms with Gasteiger partial charge in [-0.05, 0) is 37.8 Å². The van der Waals surface area contributed by atoms with E-state index in [4.69, 9.17) is 9.47 Å². The predicted molar refractivity (Wildman–Crippen MR) is 102 cm³/mol. The number of hydrogen-bond acceptors (Lipinski definition) is 4. The highest BCUT2D eigenvalue weighted by Crippen LogP contribution is 2.43. The quantitative estimate of drug-likeness (QED) is 0.858. The summed E-state index contributed by atoms with van der Waals surface area (Å²) in [5, 5.41) is 3.00. The van der Waals surface area contributed by atoms with Crippen LogP contribution in [-0.4, -0.2) is 35.6 Å². The lowest BCUT2D eigenvalue weighted by Crippen LogP contribution is -2.44. The van der Waals surface area contributed by atoms with Crippen molar-refractivity contribution in [2.24, 2.45) is 11.8 Å². The summed E-state index contributed by atoms with van der Waals surface area (Å²) in [5.74, 6) is 1.04. The number of benzene rings is 1. The summed E-state index contributed by atoms with van der Waals surface area (Å²) < 4.78 is 12.0. The lowest BCUT2D eigenvalue weighted by Gasteiger charge is -2.32. The molecule has 6 nitrogen and oxygen atoms in total. The zero-order chi connectivity index (χ0) is 19.0. The van der Waals surface area contributed by atoms with Crippen molar-refractivity contribution in [3.63, 3.8) is 0 Å². The van der Waals surface area contributed by atoms with Crippen molar-refractivity contribution < 1.29 is 19.1 Å². The zero-order valence-corrected chi connectivity index (χ0v) is 16.1. The summed E-state index contributed by atoms with van der Waals surface area (Å²) in [4.78, 5) is 26.9. The molecule has 3 aliphatic rings. The molecule has 27 heavy (non-hydrogen) atoms. The second-order valence-corrected chi connectivity index (χ2v) is 7.87. The zero-order valence-electron chi connectivity index (χ0n) is 16.1. The van der Waals surface area contributed by atoms with Gasteiger partial charge in [-0.25, -0.2) is 0 Å². The van der Waals surface area contributed by atoms with E-state index in [-0.39, 0.29) is 23.7 Å². The van der Waals surface area contributed by atoms with Crippen LogP contribution in [0, 0.1) is 11.8 Å². The van der Waals surface area contributed by atoms with Gasteiger partial charge in [-0.15, -0.1) is 0 Å². The Morgan fingerprint density at radius 2 is 1.85 bits per heavy atom. The number of anilines is 1. The number of nitrogens with one attached hydrogen (secondary N) is 1. The average molecular weight is 372 g/mol. The molecule has 0 radical (unpaired) electrons. The first-order valence-corrected chi connectivity index (χ1v) is 10.2. The van der Waals surface area contributed by atoms with Crippen LogP contribution in [-0.2, 0) is 9.59 Å². The molecule has 1 aromatic carbocycles. The summed E-state index contributed by atoms with van der Waals surface area (Å²) in [7, 11) is 0. The van der Waals surface area contributed by atoms with Gasteiger partial charge in [0.25, 0.3) is 5.79 Å². The molecular weight excluding hydrogens is 344 g/mol. The molecule has 1 N–H and O–H groups in total. The van der Waals surface area contributed by atoms with Crippen LogP contribution in [0.25, 0.3) is 0 Å². The van der Waals surface area contributed by atoms with Gasteiger partial charge in [0.1, 0.15) is 0 Å². The summed E-state index contributed by atoms with van der Waals surface area (Å²) in [6.45, 7) is 5.38. The first kappa shape index (κ1) is 18.1. The van der Waals surface area contributed by atoms with Crippen LogP contribution in [0.1, 0.15) is 52.4 Å². The number of hydrogen-bond donors (Lipinski definition) is 1. The summed E-state index contributed by atoms with van der Waals surface area (Å²) in [6.07, 6.45) is 5.22. The standard InChI is InChI=1S/C21H28N2O4/c1-3-21(4-2)26-17-10-9-16(12-18(17)27-21)22-19(24)15-6-5-11-23(13-15)20(25)14-7-8-14/h9-10,12,14-15H,3-8,11,13H2,1-2H3,(H,22,24)/t15-/m0/s1. The van der Waals surface area contributed by atoms with Crippen LogP contribution >= 0.6 is 0 Å². The molecule has 4 rings (SSSR count). The number of carbonyl (C=O) groups excluding carboxylic acids is 2. The molecule has 2 amide bonds. The minimum absolute atomic E-state index is 0.0283. The molecule has 6 heteroatoms. The minimum Gasteiger partial charge on any atom is -0.448 e. The third-order valence-corrected chi connectivity index (χ3v) is 5.91. The molecule has 0 unspecified atom stereocenters. The van der Waals surface area contributed by atoms with E-state index in [0.717, 1.165) is 50.8 Å². The van der Waals surface area contributed by atoms with Gasteiger partial charge in [-0.1, -0.05) is 13.8 Å². The molecule has 2 fully saturated rings. The smallest absolute Gasteiger partial charge is 0.251 e. The number of rotatable bonds is 5. The number of fused-ring (bicyclic) bond motifs is 1. The normalized spacial score (nSPS) is 23.2. The topological polar surface area (TPSA) is 67.9 Å². The highest BCUT2D eigenvalue weighted by Gasteiger charge is 2.39. The Hall–Kier alpha value is -2.24. The largest absolute Gasteiger partial charge is 0.448 e. The lowest BCUT2D eigenvalue weighted by molar-refractivity contribution is -0.135. The fourth-order valence-corrected chi connectivity index (χ4v) is 3.93. The Morgan fingerprint density at radius 1 is 1.11 bits per heavy atom. The van der Waals surface area contributed by atoms with Gasteiger partial charge < -0.3 is 19.7 Å². The number of carbonyl (C=O) groups is 2. The van der Waals surface area contributed by atoms with Gasteiger partial charge >= 0.3 is 0 Å². The Kier molecular flexibility index (Phi) is 4.74. The maximum atomic E-state index is 12.7. The third-order valence-electron chi connectivity index (χ3n) is 5.91. The Bertz CT molecular complexity index is 740. The molecular formula is C21H28N2O4. The van der Waals surface area contributed by atoms with Gasteiger partial charge in [0.05, 0.1) is 5.92 Å². The molecule has 2 aliphatic heterocycles. The van der Waals surface area contributed by atoms with E-state index in [1.54, 1.807) is 0 Å². The molecule has 1 aromatic rings. The van der Waals surface area contributed by atoms with E-state index < -0.39 is 5.79 Å². The molecule has 1 atom stereocenters. The SMILES string of the molecule is CCC1(CC)Oc2ccc(NC(=O)[C@H]3CCCN(C(=O)C4CC4)C3)cc2O1. The first-order chi connectivity index (χ1) is 13.0. The molecule has 1 aliphatic carbocycles. The van der Waals surface area contributed by atoms with Crippen molar-refractivity contribution in [2.75, 3.05) is 18.4 Å². The summed E-state index contributed by atoms with van der Waals surface area (Å²) in [6, 6.07) is 5.52. The molecule has 1 saturated carbocycles. The number of nitrogens with zero attached hydrogens (tertiary/aromatic N) is 1. The Balaban J connectivity index is 1.39. The van der Waals surface area contributed by atoms with Gasteiger partial charge in [0.2, 0.25) is 11.8 Å². The number of amides is 2. The molecule has 0 spiro atoms. The number of piperidine rings is 1. The second kappa shape index (κ2) is 7.06. The van der Waals surface area contributed by atoms with E-state index in [1.165, 1.54) is 0 Å². The molecule has 2 heterocycles. The summed E-state index contributed by atoms with van der Waals surface area (Å²) in [5.41, 5.74) is 0.705. The molecule has 0 bridgehead atoms. The van der Waals surface area contributed by atoms with Gasteiger partial charge in [0.15, 0.2) is 11.5 Å². The van der Waals surface area contributed by atoms with Crippen LogP contribution in [0.4, 0.5) is 5.69 Å².